The molecule has 2 N–H and O–H groups in total. The highest BCUT2D eigenvalue weighted by Gasteiger charge is 2.22. The van der Waals surface area contributed by atoms with Gasteiger partial charge >= 0.3 is 0 Å². The van der Waals surface area contributed by atoms with Crippen LogP contribution in [0.3, 0.4) is 0 Å². The number of benzene rings is 4. The van der Waals surface area contributed by atoms with E-state index in [1.165, 1.54) is 44.5 Å². The molecule has 0 radical (unpaired) electrons. The minimum absolute atomic E-state index is 0.703. The molecule has 0 amide bonds. The summed E-state index contributed by atoms with van der Waals surface area (Å²) in [6.07, 6.45) is 9.52. The first-order valence-electron chi connectivity index (χ1n) is 19.3. The van der Waals surface area contributed by atoms with Crippen molar-refractivity contribution >= 4 is 84.2 Å². The molecule has 8 bridgehead atoms. The third-order valence-corrected chi connectivity index (χ3v) is 12.7. The molecule has 0 aliphatic carbocycles. The molecular formula is C51H40N4OS. The number of carbonyl (C=O) groups is 1. The number of hydrogen-bond donors (Lipinski definition) is 2. The SMILES string of the molecule is Cc1cc(C)c(-c2c3nc(c(-c4cccc5c4sc4c(C=O)cccc45)c4ccc([nH]4)c(-c4c(C)cc(C)cc4C)c4nc(cc5ccc2[nH]5)C=C4)C=C3)c(C)c1. The largest absolute Gasteiger partial charge is 0.355 e. The lowest BCUT2D eigenvalue weighted by Crippen LogP contribution is -1.94. The van der Waals surface area contributed by atoms with Crippen LogP contribution in [0.4, 0.5) is 0 Å². The quantitative estimate of drug-likeness (QED) is 0.176. The van der Waals surface area contributed by atoms with E-state index < -0.39 is 0 Å². The summed E-state index contributed by atoms with van der Waals surface area (Å²) in [7, 11) is 0. The van der Waals surface area contributed by atoms with Crippen LogP contribution in [-0.2, 0) is 0 Å². The minimum Gasteiger partial charge on any atom is -0.355 e. The third-order valence-electron chi connectivity index (χ3n) is 11.4. The van der Waals surface area contributed by atoms with Crippen LogP contribution in [0.1, 0.15) is 66.5 Å². The second-order valence-corrected chi connectivity index (χ2v) is 16.5. The van der Waals surface area contributed by atoms with Crippen LogP contribution in [0.5, 0.6) is 0 Å². The zero-order chi connectivity index (χ0) is 39.1. The molecule has 4 aromatic carbocycles. The van der Waals surface area contributed by atoms with Crippen molar-refractivity contribution in [1.29, 1.82) is 0 Å². The van der Waals surface area contributed by atoms with Gasteiger partial charge in [-0.25, -0.2) is 9.97 Å². The van der Waals surface area contributed by atoms with Gasteiger partial charge in [0.05, 0.1) is 22.8 Å². The van der Waals surface area contributed by atoms with Crippen molar-refractivity contribution < 1.29 is 4.79 Å². The molecule has 6 heterocycles. The van der Waals surface area contributed by atoms with Crippen LogP contribution in [0.2, 0.25) is 0 Å². The number of aromatic nitrogens is 4. The summed E-state index contributed by atoms with van der Waals surface area (Å²) >= 11 is 1.67. The van der Waals surface area contributed by atoms with E-state index in [9.17, 15) is 4.79 Å². The van der Waals surface area contributed by atoms with Gasteiger partial charge in [0.25, 0.3) is 0 Å². The summed E-state index contributed by atoms with van der Waals surface area (Å²) in [6, 6.07) is 32.3. The van der Waals surface area contributed by atoms with Gasteiger partial charge in [-0.2, -0.15) is 0 Å². The van der Waals surface area contributed by atoms with Gasteiger partial charge in [0.2, 0.25) is 0 Å². The van der Waals surface area contributed by atoms with Gasteiger partial charge in [0.1, 0.15) is 0 Å². The van der Waals surface area contributed by atoms with Gasteiger partial charge in [-0.3, -0.25) is 4.79 Å². The van der Waals surface area contributed by atoms with Gasteiger partial charge in [-0.15, -0.1) is 11.3 Å². The number of thiophene rings is 1. The lowest BCUT2D eigenvalue weighted by Gasteiger charge is -2.13. The van der Waals surface area contributed by atoms with Crippen LogP contribution >= 0.6 is 11.3 Å². The summed E-state index contributed by atoms with van der Waals surface area (Å²) in [4.78, 5) is 30.7. The smallest absolute Gasteiger partial charge is 0.151 e. The first-order chi connectivity index (χ1) is 27.6. The predicted octanol–water partition coefficient (Wildman–Crippen LogP) is 13.7. The average Bonchev–Trinajstić information content (AvgIpc) is 4.03. The Morgan fingerprint density at radius 1 is 0.509 bits per heavy atom. The van der Waals surface area contributed by atoms with Crippen molar-refractivity contribution in [3.8, 4) is 33.4 Å². The Bertz CT molecular complexity index is 3180. The molecule has 0 atom stereocenters. The molecule has 5 nitrogen and oxygen atoms in total. The van der Waals surface area contributed by atoms with Crippen LogP contribution in [0, 0.1) is 41.5 Å². The van der Waals surface area contributed by atoms with Crippen LogP contribution < -0.4 is 0 Å². The monoisotopic (exact) mass is 756 g/mol. The molecule has 8 aromatic rings. The average molecular weight is 757 g/mol. The number of carbonyl (C=O) groups excluding carboxylic acids is 1. The molecule has 276 valence electrons. The standard InChI is InChI=1S/C51H40N4OS/c1-27-21-29(3)45(30(4)22-27)48-41-15-13-34(52-41)25-35-14-16-42(53-35)49(46-31(5)23-28(2)24-32(46)6)44-20-18-40(55-44)47(39-17-19-43(48)54-39)38-12-8-11-37-36-10-7-9-33(26-56)50(36)57-51(37)38/h7-26,52,55H,1-6H3. The second-order valence-electron chi connectivity index (χ2n) is 15.5. The Morgan fingerprint density at radius 3 is 1.68 bits per heavy atom. The Morgan fingerprint density at radius 2 is 1.04 bits per heavy atom. The maximum atomic E-state index is 12.3. The number of H-pyrrole nitrogens is 2. The number of rotatable bonds is 4. The highest BCUT2D eigenvalue weighted by Crippen LogP contribution is 2.45. The molecule has 0 spiro atoms. The summed E-state index contributed by atoms with van der Waals surface area (Å²) < 4.78 is 2.11. The molecular weight excluding hydrogens is 717 g/mol. The van der Waals surface area contributed by atoms with E-state index in [1.54, 1.807) is 11.3 Å². The highest BCUT2D eigenvalue weighted by molar-refractivity contribution is 7.26. The van der Waals surface area contributed by atoms with Crippen molar-refractivity contribution in [3.05, 3.63) is 153 Å². The minimum atomic E-state index is 0.703. The number of nitrogens with zero attached hydrogens (tertiary/aromatic N) is 2. The molecule has 6 heteroatoms. The molecule has 0 fully saturated rings. The number of aldehydes is 1. The molecule has 0 saturated heterocycles. The maximum absolute atomic E-state index is 12.3. The van der Waals surface area contributed by atoms with E-state index in [0.29, 0.717) is 5.56 Å². The summed E-state index contributed by atoms with van der Waals surface area (Å²) in [6.45, 7) is 13.1. The summed E-state index contributed by atoms with van der Waals surface area (Å²) in [5.41, 5.74) is 21.9. The Labute approximate surface area is 335 Å². The van der Waals surface area contributed by atoms with E-state index in [4.69, 9.17) is 9.97 Å². The van der Waals surface area contributed by atoms with E-state index in [2.05, 4.69) is 155 Å². The Balaban J connectivity index is 1.40. The lowest BCUT2D eigenvalue weighted by atomic mass is 9.92. The zero-order valence-electron chi connectivity index (χ0n) is 32.8. The number of nitrogens with one attached hydrogen (secondary N) is 2. The Hall–Kier alpha value is -6.63. The second kappa shape index (κ2) is 13.2. The van der Waals surface area contributed by atoms with Gasteiger partial charge < -0.3 is 9.97 Å². The first-order valence-corrected chi connectivity index (χ1v) is 20.2. The van der Waals surface area contributed by atoms with E-state index in [0.717, 1.165) is 93.6 Å². The highest BCUT2D eigenvalue weighted by atomic mass is 32.1. The molecule has 10 rings (SSSR count). The van der Waals surface area contributed by atoms with Gasteiger partial charge in [-0.1, -0.05) is 71.8 Å². The molecule has 4 aromatic heterocycles. The molecule has 2 aliphatic rings. The fourth-order valence-corrected chi connectivity index (χ4v) is 10.5. The van der Waals surface area contributed by atoms with Gasteiger partial charge in [0.15, 0.2) is 6.29 Å². The zero-order valence-corrected chi connectivity index (χ0v) is 33.6. The molecule has 0 saturated carbocycles. The topological polar surface area (TPSA) is 74.4 Å². The van der Waals surface area contributed by atoms with E-state index in [1.807, 2.05) is 12.1 Å². The van der Waals surface area contributed by atoms with Gasteiger partial charge in [0, 0.05) is 70.1 Å². The molecule has 2 aliphatic heterocycles. The number of hydrogen-bond acceptors (Lipinski definition) is 4. The fourth-order valence-electron chi connectivity index (χ4n) is 9.23. The summed E-state index contributed by atoms with van der Waals surface area (Å²) in [5, 5.41) is 2.20. The summed E-state index contributed by atoms with van der Waals surface area (Å²) in [5.74, 6) is 0. The van der Waals surface area contributed by atoms with Crippen LogP contribution in [-0.4, -0.2) is 26.2 Å². The van der Waals surface area contributed by atoms with E-state index in [-0.39, 0.29) is 0 Å². The predicted molar refractivity (Wildman–Crippen MR) is 242 cm³/mol. The number of aromatic amines is 2. The number of fused-ring (bicyclic) bond motifs is 11. The Kier molecular flexibility index (Phi) is 8.10. The lowest BCUT2D eigenvalue weighted by molar-refractivity contribution is 0.112. The number of aryl methyl sites for hydroxylation is 6. The third kappa shape index (κ3) is 5.70. The molecule has 0 unspecified atom stereocenters. The van der Waals surface area contributed by atoms with E-state index >= 15 is 0 Å². The van der Waals surface area contributed by atoms with Gasteiger partial charge in [-0.05, 0) is 130 Å². The van der Waals surface area contributed by atoms with Crippen molar-refractivity contribution in [2.75, 3.05) is 0 Å². The molecule has 57 heavy (non-hydrogen) atoms. The van der Waals surface area contributed by atoms with Crippen molar-refractivity contribution in [3.63, 3.8) is 0 Å². The van der Waals surface area contributed by atoms with Crippen molar-refractivity contribution in [2.24, 2.45) is 0 Å². The van der Waals surface area contributed by atoms with Crippen molar-refractivity contribution in [1.82, 2.24) is 19.9 Å². The normalized spacial score (nSPS) is 12.3. The van der Waals surface area contributed by atoms with Crippen molar-refractivity contribution in [2.45, 2.75) is 41.5 Å². The maximum Gasteiger partial charge on any atom is 0.151 e. The fraction of sp³-hybridized carbons (Fsp3) is 0.118. The van der Waals surface area contributed by atoms with Crippen LogP contribution in [0.15, 0.2) is 91.0 Å². The van der Waals surface area contributed by atoms with Crippen LogP contribution in [0.25, 0.3) is 99.9 Å². The first kappa shape index (κ1) is 34.8.